The van der Waals surface area contributed by atoms with Crippen LogP contribution in [-0.4, -0.2) is 29.7 Å². The molecule has 2 aromatic rings. The predicted octanol–water partition coefficient (Wildman–Crippen LogP) is 2.16. The molecule has 106 valence electrons. The Hall–Kier alpha value is -2.47. The lowest BCUT2D eigenvalue weighted by Crippen LogP contribution is -2.24. The normalized spacial score (nSPS) is 13.5. The van der Waals surface area contributed by atoms with Gasteiger partial charge < -0.3 is 5.32 Å². The summed E-state index contributed by atoms with van der Waals surface area (Å²) in [6.07, 6.45) is 0.249. The zero-order chi connectivity index (χ0) is 15.0. The number of carbonyl (C=O) groups is 3. The van der Waals surface area contributed by atoms with Gasteiger partial charge in [-0.1, -0.05) is 12.1 Å². The number of hydrogen-bond donors (Lipinski definition) is 1. The number of anilines is 1. The van der Waals surface area contributed by atoms with Gasteiger partial charge in [-0.3, -0.25) is 19.3 Å². The van der Waals surface area contributed by atoms with Crippen LogP contribution in [0.25, 0.3) is 0 Å². The van der Waals surface area contributed by atoms with Gasteiger partial charge in [-0.25, -0.2) is 0 Å². The van der Waals surface area contributed by atoms with E-state index in [9.17, 15) is 14.4 Å². The lowest BCUT2D eigenvalue weighted by molar-refractivity contribution is -0.115. The number of benzene rings is 1. The molecule has 0 saturated carbocycles. The molecule has 0 radical (unpaired) electrons. The number of nitrogens with one attached hydrogen (secondary N) is 1. The third-order valence-corrected chi connectivity index (χ3v) is 4.18. The first-order chi connectivity index (χ1) is 10.1. The van der Waals surface area contributed by atoms with Crippen LogP contribution >= 0.6 is 11.3 Å². The molecular formula is C15H12N2O3S. The van der Waals surface area contributed by atoms with E-state index in [1.165, 1.54) is 18.4 Å². The number of imide groups is 1. The number of nitrogens with zero attached hydrogens (tertiary/aromatic N) is 1. The fraction of sp³-hybridized carbons (Fsp3) is 0.133. The molecule has 1 aliphatic rings. The second kappa shape index (κ2) is 5.14. The molecule has 0 unspecified atom stereocenters. The Bertz CT molecular complexity index is 737. The van der Waals surface area contributed by atoms with Gasteiger partial charge in [0.25, 0.3) is 11.8 Å². The molecule has 0 fully saturated rings. The van der Waals surface area contributed by atoms with Crippen molar-refractivity contribution in [3.8, 4) is 0 Å². The number of carbonyl (C=O) groups excluding carboxylic acids is 3. The highest BCUT2D eigenvalue weighted by atomic mass is 32.1. The van der Waals surface area contributed by atoms with Gasteiger partial charge in [0.1, 0.15) is 0 Å². The van der Waals surface area contributed by atoms with Gasteiger partial charge in [0, 0.05) is 11.9 Å². The molecule has 2 heterocycles. The average Bonchev–Trinajstić information content (AvgIpc) is 3.03. The summed E-state index contributed by atoms with van der Waals surface area (Å²) in [5, 5.41) is 4.62. The smallest absolute Gasteiger partial charge is 0.263 e. The van der Waals surface area contributed by atoms with E-state index >= 15 is 0 Å². The molecule has 1 aliphatic heterocycles. The number of amides is 3. The van der Waals surface area contributed by atoms with Crippen LogP contribution in [0.5, 0.6) is 0 Å². The van der Waals surface area contributed by atoms with Gasteiger partial charge in [0.15, 0.2) is 0 Å². The van der Waals surface area contributed by atoms with E-state index in [2.05, 4.69) is 5.32 Å². The van der Waals surface area contributed by atoms with Gasteiger partial charge in [-0.2, -0.15) is 0 Å². The maximum absolute atomic E-state index is 12.1. The summed E-state index contributed by atoms with van der Waals surface area (Å²) < 4.78 is 0. The topological polar surface area (TPSA) is 66.5 Å². The first kappa shape index (κ1) is 13.5. The highest BCUT2D eigenvalue weighted by Gasteiger charge is 2.35. The molecule has 0 atom stereocenters. The second-order valence-corrected chi connectivity index (χ2v) is 5.73. The van der Waals surface area contributed by atoms with Crippen molar-refractivity contribution in [2.45, 2.75) is 6.42 Å². The Morgan fingerprint density at radius 1 is 1.19 bits per heavy atom. The Balaban J connectivity index is 1.86. The number of thiophene rings is 1. The van der Waals surface area contributed by atoms with Gasteiger partial charge in [0.2, 0.25) is 5.91 Å². The molecule has 1 aromatic carbocycles. The van der Waals surface area contributed by atoms with Crippen molar-refractivity contribution in [3.05, 3.63) is 51.7 Å². The zero-order valence-electron chi connectivity index (χ0n) is 11.3. The van der Waals surface area contributed by atoms with Gasteiger partial charge in [0.05, 0.1) is 23.2 Å². The Kier molecular flexibility index (Phi) is 3.31. The summed E-state index contributed by atoms with van der Waals surface area (Å²) in [5.41, 5.74) is 0.984. The van der Waals surface area contributed by atoms with Crippen LogP contribution in [0, 0.1) is 0 Å². The van der Waals surface area contributed by atoms with E-state index in [1.54, 1.807) is 18.2 Å². The van der Waals surface area contributed by atoms with Crippen LogP contribution in [0.3, 0.4) is 0 Å². The second-order valence-electron chi connectivity index (χ2n) is 4.70. The maximum Gasteiger partial charge on any atom is 0.263 e. The minimum absolute atomic E-state index is 0.208. The molecule has 3 rings (SSSR count). The highest BCUT2D eigenvalue weighted by molar-refractivity contribution is 7.10. The zero-order valence-corrected chi connectivity index (χ0v) is 12.1. The minimum atomic E-state index is -0.387. The van der Waals surface area contributed by atoms with Crippen molar-refractivity contribution >= 4 is 34.7 Å². The largest absolute Gasteiger partial charge is 0.325 e. The van der Waals surface area contributed by atoms with Crippen LogP contribution in [0.15, 0.2) is 35.7 Å². The molecule has 0 saturated heterocycles. The molecule has 21 heavy (non-hydrogen) atoms. The molecule has 5 nitrogen and oxygen atoms in total. The van der Waals surface area contributed by atoms with Crippen LogP contribution in [0.4, 0.5) is 5.69 Å². The van der Waals surface area contributed by atoms with E-state index in [4.69, 9.17) is 0 Å². The fourth-order valence-electron chi connectivity index (χ4n) is 2.27. The summed E-state index contributed by atoms with van der Waals surface area (Å²) in [5.74, 6) is -0.938. The van der Waals surface area contributed by atoms with E-state index < -0.39 is 0 Å². The van der Waals surface area contributed by atoms with Crippen molar-refractivity contribution < 1.29 is 14.4 Å². The molecule has 0 aliphatic carbocycles. The number of rotatable bonds is 3. The molecule has 3 amide bonds. The summed E-state index contributed by atoms with van der Waals surface area (Å²) in [4.78, 5) is 38.0. The van der Waals surface area contributed by atoms with Crippen LogP contribution < -0.4 is 5.32 Å². The molecule has 1 aromatic heterocycles. The molecular weight excluding hydrogens is 288 g/mol. The summed E-state index contributed by atoms with van der Waals surface area (Å²) >= 11 is 1.50. The third-order valence-electron chi connectivity index (χ3n) is 3.31. The monoisotopic (exact) mass is 300 g/mol. The molecule has 1 N–H and O–H groups in total. The lowest BCUT2D eigenvalue weighted by Gasteiger charge is -2.08. The Labute approximate surface area is 125 Å². The number of hydrogen-bond acceptors (Lipinski definition) is 4. The first-order valence-electron chi connectivity index (χ1n) is 6.35. The minimum Gasteiger partial charge on any atom is -0.325 e. The fourth-order valence-corrected chi connectivity index (χ4v) is 2.98. The van der Waals surface area contributed by atoms with Crippen molar-refractivity contribution in [1.82, 2.24) is 4.90 Å². The molecule has 0 bridgehead atoms. The summed E-state index contributed by atoms with van der Waals surface area (Å²) in [6, 6.07) is 8.64. The summed E-state index contributed by atoms with van der Waals surface area (Å²) in [7, 11) is 1.43. The van der Waals surface area contributed by atoms with Crippen molar-refractivity contribution in [2.24, 2.45) is 0 Å². The van der Waals surface area contributed by atoms with Gasteiger partial charge in [-0.15, -0.1) is 11.3 Å². The van der Waals surface area contributed by atoms with Crippen LogP contribution in [0.2, 0.25) is 0 Å². The predicted molar refractivity (Wildman–Crippen MR) is 79.5 cm³/mol. The lowest BCUT2D eigenvalue weighted by atomic mass is 10.1. The number of fused-ring (bicyclic) bond motifs is 1. The standard InChI is InChI=1S/C15H12N2O3S/c1-17-14(19)10-5-2-6-11(13(10)15(17)20)16-12(18)8-9-4-3-7-21-9/h2-7H,8H2,1H3,(H,16,18). The quantitative estimate of drug-likeness (QED) is 0.883. The van der Waals surface area contributed by atoms with Gasteiger partial charge >= 0.3 is 0 Å². The van der Waals surface area contributed by atoms with Crippen molar-refractivity contribution in [1.29, 1.82) is 0 Å². The maximum atomic E-state index is 12.1. The van der Waals surface area contributed by atoms with E-state index in [0.29, 0.717) is 11.3 Å². The summed E-state index contributed by atoms with van der Waals surface area (Å²) in [6.45, 7) is 0. The van der Waals surface area contributed by atoms with E-state index in [0.717, 1.165) is 9.78 Å². The van der Waals surface area contributed by atoms with E-state index in [1.807, 2.05) is 17.5 Å². The van der Waals surface area contributed by atoms with Crippen LogP contribution in [0.1, 0.15) is 25.6 Å². The Morgan fingerprint density at radius 3 is 2.71 bits per heavy atom. The average molecular weight is 300 g/mol. The highest BCUT2D eigenvalue weighted by Crippen LogP contribution is 2.28. The van der Waals surface area contributed by atoms with Crippen molar-refractivity contribution in [3.63, 3.8) is 0 Å². The van der Waals surface area contributed by atoms with Crippen LogP contribution in [-0.2, 0) is 11.2 Å². The first-order valence-corrected chi connectivity index (χ1v) is 7.23. The SMILES string of the molecule is CN1C(=O)c2cccc(NC(=O)Cc3cccs3)c2C1=O. The third kappa shape index (κ3) is 2.34. The van der Waals surface area contributed by atoms with E-state index in [-0.39, 0.29) is 29.7 Å². The molecule has 0 spiro atoms. The Morgan fingerprint density at radius 2 is 2.00 bits per heavy atom. The van der Waals surface area contributed by atoms with Crippen molar-refractivity contribution in [2.75, 3.05) is 12.4 Å². The molecule has 6 heteroatoms. The van der Waals surface area contributed by atoms with Gasteiger partial charge in [-0.05, 0) is 23.6 Å².